The Kier molecular flexibility index (Phi) is 4.80. The topological polar surface area (TPSA) is 60.2 Å². The van der Waals surface area contributed by atoms with Crippen molar-refractivity contribution < 1.29 is 8.42 Å². The molecule has 26 heavy (non-hydrogen) atoms. The first-order valence-electron chi connectivity index (χ1n) is 8.80. The van der Waals surface area contributed by atoms with Crippen LogP contribution in [0.15, 0.2) is 53.4 Å². The molecule has 0 aliphatic heterocycles. The van der Waals surface area contributed by atoms with Gasteiger partial charge in [-0.15, -0.1) is 0 Å². The van der Waals surface area contributed by atoms with E-state index in [0.717, 1.165) is 27.8 Å². The lowest BCUT2D eigenvalue weighted by molar-refractivity contribution is 0.596. The van der Waals surface area contributed by atoms with Gasteiger partial charge in [0.1, 0.15) is 0 Å². The van der Waals surface area contributed by atoms with Crippen LogP contribution in [0.4, 0.5) is 5.69 Å². The molecule has 3 nitrogen and oxygen atoms in total. The van der Waals surface area contributed by atoms with Crippen LogP contribution in [-0.4, -0.2) is 8.42 Å². The van der Waals surface area contributed by atoms with Gasteiger partial charge in [0, 0.05) is 11.3 Å². The summed E-state index contributed by atoms with van der Waals surface area (Å²) in [5, 5.41) is 0. The van der Waals surface area contributed by atoms with E-state index in [1.807, 2.05) is 26.0 Å². The molecule has 0 atom stereocenters. The second-order valence-electron chi connectivity index (χ2n) is 7.30. The van der Waals surface area contributed by atoms with Gasteiger partial charge in [0.2, 0.25) is 0 Å². The van der Waals surface area contributed by atoms with Gasteiger partial charge in [-0.2, -0.15) is 0 Å². The number of anilines is 1. The van der Waals surface area contributed by atoms with Crippen LogP contribution < -0.4 is 5.73 Å². The molecule has 3 rings (SSSR count). The van der Waals surface area contributed by atoms with Gasteiger partial charge in [0.25, 0.3) is 0 Å². The molecule has 1 aromatic carbocycles. The average molecular weight is 368 g/mol. The van der Waals surface area contributed by atoms with Crippen LogP contribution in [0.1, 0.15) is 42.0 Å². The fourth-order valence-corrected chi connectivity index (χ4v) is 5.03. The maximum Gasteiger partial charge on any atom is 0.183 e. The number of sulfone groups is 1. The fourth-order valence-electron chi connectivity index (χ4n) is 3.30. The molecule has 0 spiro atoms. The van der Waals surface area contributed by atoms with Crippen LogP contribution in [0.3, 0.4) is 0 Å². The van der Waals surface area contributed by atoms with Crippen molar-refractivity contribution in [1.82, 2.24) is 0 Å². The molecule has 0 unspecified atom stereocenters. The first kappa shape index (κ1) is 18.5. The summed E-state index contributed by atoms with van der Waals surface area (Å²) in [5.74, 6) is 0.357. The molecule has 136 valence electrons. The molecule has 4 heteroatoms. The number of hydrogen-bond donors (Lipinski definition) is 1. The van der Waals surface area contributed by atoms with Gasteiger partial charge in [0.05, 0.1) is 10.6 Å². The summed E-state index contributed by atoms with van der Waals surface area (Å²) in [6.07, 6.45) is 0. The Balaban J connectivity index is 2.13. The van der Waals surface area contributed by atoms with Crippen molar-refractivity contribution in [3.05, 3.63) is 70.8 Å². The van der Waals surface area contributed by atoms with E-state index in [2.05, 4.69) is 26.0 Å². The number of nitrogen functional groups attached to an aromatic ring is 1. The molecule has 0 amide bonds. The lowest BCUT2D eigenvalue weighted by atomic mass is 10.0. The van der Waals surface area contributed by atoms with Crippen molar-refractivity contribution in [2.75, 3.05) is 5.73 Å². The molecule has 0 saturated carbocycles. The lowest BCUT2D eigenvalue weighted by Gasteiger charge is -2.08. The van der Waals surface area contributed by atoms with E-state index in [-0.39, 0.29) is 5.75 Å². The average Bonchev–Trinajstić information content (AvgIpc) is 2.79. The molecular weight excluding hydrogens is 342 g/mol. The number of hydrogen-bond acceptors (Lipinski definition) is 3. The van der Waals surface area contributed by atoms with E-state index in [1.54, 1.807) is 24.3 Å². The fraction of sp³-hybridized carbons (Fsp3) is 0.273. The van der Waals surface area contributed by atoms with Crippen LogP contribution >= 0.6 is 0 Å². The molecule has 2 N–H and O–H groups in total. The largest absolute Gasteiger partial charge is 0.399 e. The Hall–Kier alpha value is -2.33. The van der Waals surface area contributed by atoms with Gasteiger partial charge in [-0.25, -0.2) is 8.42 Å². The van der Waals surface area contributed by atoms with E-state index in [1.165, 1.54) is 5.56 Å². The summed E-state index contributed by atoms with van der Waals surface area (Å²) in [4.78, 5) is 0.422. The molecule has 0 bridgehead atoms. The Labute approximate surface area is 156 Å². The molecule has 2 aliphatic rings. The lowest BCUT2D eigenvalue weighted by Crippen LogP contribution is -2.05. The maximum atomic E-state index is 13.2. The maximum absolute atomic E-state index is 13.2. The van der Waals surface area contributed by atoms with E-state index in [9.17, 15) is 8.42 Å². The predicted octanol–water partition coefficient (Wildman–Crippen LogP) is 5.09. The van der Waals surface area contributed by atoms with Gasteiger partial charge in [-0.05, 0) is 65.8 Å². The predicted molar refractivity (Wildman–Crippen MR) is 108 cm³/mol. The zero-order valence-corrected chi connectivity index (χ0v) is 16.5. The van der Waals surface area contributed by atoms with E-state index in [0.29, 0.717) is 16.5 Å². The highest BCUT2D eigenvalue weighted by Gasteiger charge is 2.25. The second kappa shape index (κ2) is 6.76. The molecule has 0 heterocycles. The van der Waals surface area contributed by atoms with Crippen molar-refractivity contribution in [2.45, 2.75) is 44.3 Å². The van der Waals surface area contributed by atoms with Crippen molar-refractivity contribution in [2.24, 2.45) is 0 Å². The van der Waals surface area contributed by atoms with Crippen LogP contribution in [0.2, 0.25) is 0 Å². The molecule has 2 aliphatic carbocycles. The van der Waals surface area contributed by atoms with Gasteiger partial charge >= 0.3 is 0 Å². The van der Waals surface area contributed by atoms with Crippen molar-refractivity contribution in [3.8, 4) is 11.1 Å². The Bertz CT molecular complexity index is 1020. The Morgan fingerprint density at radius 3 is 2.19 bits per heavy atom. The van der Waals surface area contributed by atoms with E-state index >= 15 is 0 Å². The minimum atomic E-state index is -3.46. The number of benzene rings is 1. The molecule has 0 radical (unpaired) electrons. The number of aryl methyl sites for hydroxylation is 2. The van der Waals surface area contributed by atoms with Crippen LogP contribution in [-0.2, 0) is 15.6 Å². The highest BCUT2D eigenvalue weighted by Crippen LogP contribution is 2.39. The number of rotatable bonds is 4. The smallest absolute Gasteiger partial charge is 0.183 e. The normalized spacial score (nSPS) is 12.0. The highest BCUT2D eigenvalue weighted by molar-refractivity contribution is 7.90. The monoisotopic (exact) mass is 367 g/mol. The summed E-state index contributed by atoms with van der Waals surface area (Å²) in [5.41, 5.74) is 12.1. The van der Waals surface area contributed by atoms with E-state index < -0.39 is 9.84 Å². The molecule has 0 saturated heterocycles. The van der Waals surface area contributed by atoms with Crippen molar-refractivity contribution >= 4 is 15.5 Å². The van der Waals surface area contributed by atoms with Crippen LogP contribution in [0.5, 0.6) is 0 Å². The number of fused-ring (bicyclic) bond motifs is 1. The third-order valence-corrected chi connectivity index (χ3v) is 6.56. The summed E-state index contributed by atoms with van der Waals surface area (Å²) < 4.78 is 26.3. The first-order valence-corrected chi connectivity index (χ1v) is 10.5. The van der Waals surface area contributed by atoms with Crippen LogP contribution in [0, 0.1) is 13.8 Å². The van der Waals surface area contributed by atoms with Crippen LogP contribution in [0.25, 0.3) is 11.1 Å². The standard InChI is InChI=1S/C22H25NO2S/c1-14(2)18-8-5-15(3)22-20(12-18)16(4)11-21(22)26(24,25)13-17-6-9-19(23)10-7-17/h5-12,14H,13,23H2,1-4H3. The minimum absolute atomic E-state index is 0.0269. The first-order chi connectivity index (χ1) is 12.2. The summed E-state index contributed by atoms with van der Waals surface area (Å²) in [6, 6.07) is 15.1. The molecular formula is C22H25NO2S. The van der Waals surface area contributed by atoms with Crippen molar-refractivity contribution in [3.63, 3.8) is 0 Å². The van der Waals surface area contributed by atoms with Gasteiger partial charge in [-0.3, -0.25) is 0 Å². The Morgan fingerprint density at radius 1 is 0.923 bits per heavy atom. The zero-order valence-electron chi connectivity index (χ0n) is 15.7. The third kappa shape index (κ3) is 3.47. The quantitative estimate of drug-likeness (QED) is 0.654. The molecule has 0 fully saturated rings. The SMILES string of the molecule is Cc1cc(S(=O)(=O)Cc2ccc(N)cc2)c2c(C)ccc(C(C)C)cc1-2. The van der Waals surface area contributed by atoms with Gasteiger partial charge in [-0.1, -0.05) is 44.2 Å². The van der Waals surface area contributed by atoms with Crippen molar-refractivity contribution in [1.29, 1.82) is 0 Å². The zero-order chi connectivity index (χ0) is 19.1. The summed E-state index contributed by atoms with van der Waals surface area (Å²) in [7, 11) is -3.46. The molecule has 0 aromatic heterocycles. The summed E-state index contributed by atoms with van der Waals surface area (Å²) >= 11 is 0. The molecule has 1 aromatic rings. The van der Waals surface area contributed by atoms with E-state index in [4.69, 9.17) is 5.73 Å². The minimum Gasteiger partial charge on any atom is -0.399 e. The third-order valence-electron chi connectivity index (χ3n) is 4.86. The Morgan fingerprint density at radius 2 is 1.58 bits per heavy atom. The summed E-state index contributed by atoms with van der Waals surface area (Å²) in [6.45, 7) is 8.25. The van der Waals surface area contributed by atoms with Gasteiger partial charge in [0.15, 0.2) is 9.84 Å². The number of nitrogens with two attached hydrogens (primary N) is 1. The second-order valence-corrected chi connectivity index (χ2v) is 9.25. The van der Waals surface area contributed by atoms with Gasteiger partial charge < -0.3 is 5.73 Å². The highest BCUT2D eigenvalue weighted by atomic mass is 32.2.